The molecule has 18 heavy (non-hydrogen) atoms. The van der Waals surface area contributed by atoms with E-state index in [9.17, 15) is 5.11 Å². The SMILES string of the molecule is CC(Nc1cnn(C(C)C)c1)c1cccc(O)c1. The van der Waals surface area contributed by atoms with Gasteiger partial charge in [0, 0.05) is 18.3 Å². The van der Waals surface area contributed by atoms with E-state index in [0.29, 0.717) is 11.8 Å². The van der Waals surface area contributed by atoms with Gasteiger partial charge in [0.1, 0.15) is 5.75 Å². The summed E-state index contributed by atoms with van der Waals surface area (Å²) < 4.78 is 1.91. The fourth-order valence-electron chi connectivity index (χ4n) is 1.82. The molecule has 0 radical (unpaired) electrons. The van der Waals surface area contributed by atoms with Crippen molar-refractivity contribution in [2.45, 2.75) is 32.9 Å². The first kappa shape index (κ1) is 12.5. The molecule has 2 N–H and O–H groups in total. The highest BCUT2D eigenvalue weighted by Crippen LogP contribution is 2.22. The summed E-state index contributed by atoms with van der Waals surface area (Å²) in [5, 5.41) is 17.1. The second kappa shape index (κ2) is 5.12. The molecule has 0 spiro atoms. The van der Waals surface area contributed by atoms with Crippen LogP contribution in [-0.2, 0) is 0 Å². The van der Waals surface area contributed by atoms with Crippen LogP contribution in [0.25, 0.3) is 0 Å². The molecule has 0 bridgehead atoms. The van der Waals surface area contributed by atoms with Crippen molar-refractivity contribution >= 4 is 5.69 Å². The van der Waals surface area contributed by atoms with Crippen LogP contribution in [0.4, 0.5) is 5.69 Å². The van der Waals surface area contributed by atoms with E-state index >= 15 is 0 Å². The fraction of sp³-hybridized carbons (Fsp3) is 0.357. The average Bonchev–Trinajstić information content (AvgIpc) is 2.77. The van der Waals surface area contributed by atoms with E-state index in [-0.39, 0.29) is 6.04 Å². The molecule has 4 heteroatoms. The van der Waals surface area contributed by atoms with Gasteiger partial charge in [0.05, 0.1) is 11.9 Å². The summed E-state index contributed by atoms with van der Waals surface area (Å²) in [4.78, 5) is 0. The molecule has 2 rings (SSSR count). The zero-order valence-electron chi connectivity index (χ0n) is 11.0. The molecule has 1 aromatic heterocycles. The molecule has 96 valence electrons. The number of rotatable bonds is 4. The van der Waals surface area contributed by atoms with E-state index < -0.39 is 0 Å². The normalized spacial score (nSPS) is 12.7. The van der Waals surface area contributed by atoms with Crippen molar-refractivity contribution in [1.29, 1.82) is 0 Å². The van der Waals surface area contributed by atoms with Crippen LogP contribution in [0.1, 0.15) is 38.4 Å². The lowest BCUT2D eigenvalue weighted by atomic mass is 10.1. The van der Waals surface area contributed by atoms with E-state index in [0.717, 1.165) is 11.3 Å². The summed E-state index contributed by atoms with van der Waals surface area (Å²) in [7, 11) is 0. The van der Waals surface area contributed by atoms with Crippen molar-refractivity contribution in [3.8, 4) is 5.75 Å². The van der Waals surface area contributed by atoms with Gasteiger partial charge in [-0.2, -0.15) is 5.10 Å². The minimum atomic E-state index is 0.127. The minimum Gasteiger partial charge on any atom is -0.508 e. The molecule has 0 aliphatic carbocycles. The molecule has 4 nitrogen and oxygen atoms in total. The first-order valence-electron chi connectivity index (χ1n) is 6.16. The van der Waals surface area contributed by atoms with Gasteiger partial charge in [-0.1, -0.05) is 12.1 Å². The first-order valence-corrected chi connectivity index (χ1v) is 6.16. The second-order valence-electron chi connectivity index (χ2n) is 4.76. The van der Waals surface area contributed by atoms with Crippen molar-refractivity contribution in [3.05, 3.63) is 42.2 Å². The van der Waals surface area contributed by atoms with Crippen LogP contribution >= 0.6 is 0 Å². The average molecular weight is 245 g/mol. The van der Waals surface area contributed by atoms with Crippen molar-refractivity contribution in [1.82, 2.24) is 9.78 Å². The Morgan fingerprint density at radius 1 is 1.28 bits per heavy atom. The number of hydrogen-bond donors (Lipinski definition) is 2. The molecule has 0 aliphatic heterocycles. The van der Waals surface area contributed by atoms with Gasteiger partial charge in [-0.25, -0.2) is 0 Å². The maximum absolute atomic E-state index is 9.46. The van der Waals surface area contributed by atoms with Gasteiger partial charge in [0.15, 0.2) is 0 Å². The monoisotopic (exact) mass is 245 g/mol. The van der Waals surface area contributed by atoms with E-state index in [1.165, 1.54) is 0 Å². The molecule has 0 saturated heterocycles. The number of anilines is 1. The first-order chi connectivity index (χ1) is 8.56. The quantitative estimate of drug-likeness (QED) is 0.868. The minimum absolute atomic E-state index is 0.127. The van der Waals surface area contributed by atoms with Crippen LogP contribution in [0.5, 0.6) is 5.75 Å². The van der Waals surface area contributed by atoms with Crippen LogP contribution in [0.2, 0.25) is 0 Å². The Morgan fingerprint density at radius 3 is 2.67 bits per heavy atom. The largest absolute Gasteiger partial charge is 0.508 e. The lowest BCUT2D eigenvalue weighted by Crippen LogP contribution is -2.06. The molecule has 1 heterocycles. The maximum Gasteiger partial charge on any atom is 0.115 e. The van der Waals surface area contributed by atoms with Gasteiger partial charge >= 0.3 is 0 Å². The van der Waals surface area contributed by atoms with Crippen LogP contribution in [0, 0.1) is 0 Å². The molecule has 1 atom stereocenters. The molecular weight excluding hydrogens is 226 g/mol. The summed E-state index contributed by atoms with van der Waals surface area (Å²) in [6.45, 7) is 6.24. The van der Waals surface area contributed by atoms with Gasteiger partial charge < -0.3 is 10.4 Å². The Morgan fingerprint density at radius 2 is 2.06 bits per heavy atom. The molecule has 0 amide bonds. The molecule has 0 saturated carbocycles. The zero-order chi connectivity index (χ0) is 13.1. The number of aromatic nitrogens is 2. The van der Waals surface area contributed by atoms with Crippen LogP contribution in [0.3, 0.4) is 0 Å². The predicted octanol–water partition coefficient (Wildman–Crippen LogP) is 3.34. The van der Waals surface area contributed by atoms with Gasteiger partial charge in [-0.05, 0) is 38.5 Å². The summed E-state index contributed by atoms with van der Waals surface area (Å²) in [6, 6.07) is 7.76. The number of hydrogen-bond acceptors (Lipinski definition) is 3. The number of nitrogens with one attached hydrogen (secondary N) is 1. The van der Waals surface area contributed by atoms with E-state index in [2.05, 4.69) is 31.2 Å². The molecule has 0 aliphatic rings. The number of phenols is 1. The smallest absolute Gasteiger partial charge is 0.115 e. The standard InChI is InChI=1S/C14H19N3O/c1-10(2)17-9-13(8-15-17)16-11(3)12-5-4-6-14(18)7-12/h4-11,16,18H,1-3H3. The lowest BCUT2D eigenvalue weighted by Gasteiger charge is -2.14. The third kappa shape index (κ3) is 2.83. The molecule has 1 aromatic carbocycles. The highest BCUT2D eigenvalue weighted by molar-refractivity contribution is 5.42. The Labute approximate surface area is 107 Å². The number of aromatic hydroxyl groups is 1. The van der Waals surface area contributed by atoms with Crippen LogP contribution < -0.4 is 5.32 Å². The Bertz CT molecular complexity index is 519. The summed E-state index contributed by atoms with van der Waals surface area (Å²) in [6.07, 6.45) is 3.81. The van der Waals surface area contributed by atoms with Crippen molar-refractivity contribution in [2.24, 2.45) is 0 Å². The van der Waals surface area contributed by atoms with Gasteiger partial charge in [0.2, 0.25) is 0 Å². The molecular formula is C14H19N3O. The molecule has 2 aromatic rings. The van der Waals surface area contributed by atoms with Gasteiger partial charge in [-0.3, -0.25) is 4.68 Å². The van der Waals surface area contributed by atoms with Crippen molar-refractivity contribution < 1.29 is 5.11 Å². The predicted molar refractivity (Wildman–Crippen MR) is 72.8 cm³/mol. The number of benzene rings is 1. The fourth-order valence-corrected chi connectivity index (χ4v) is 1.82. The topological polar surface area (TPSA) is 50.1 Å². The zero-order valence-corrected chi connectivity index (χ0v) is 11.0. The summed E-state index contributed by atoms with van der Waals surface area (Å²) in [5.74, 6) is 0.291. The van der Waals surface area contributed by atoms with E-state index in [1.54, 1.807) is 12.1 Å². The van der Waals surface area contributed by atoms with Crippen molar-refractivity contribution in [2.75, 3.05) is 5.32 Å². The third-order valence-corrected chi connectivity index (χ3v) is 2.88. The Kier molecular flexibility index (Phi) is 3.55. The number of phenolic OH excluding ortho intramolecular Hbond substituents is 1. The van der Waals surface area contributed by atoms with Crippen LogP contribution in [0.15, 0.2) is 36.7 Å². The van der Waals surface area contributed by atoms with Crippen molar-refractivity contribution in [3.63, 3.8) is 0 Å². The Hall–Kier alpha value is -1.97. The van der Waals surface area contributed by atoms with E-state index in [4.69, 9.17) is 0 Å². The number of nitrogens with zero attached hydrogens (tertiary/aromatic N) is 2. The highest BCUT2D eigenvalue weighted by atomic mass is 16.3. The second-order valence-corrected chi connectivity index (χ2v) is 4.76. The van der Waals surface area contributed by atoms with E-state index in [1.807, 2.05) is 29.2 Å². The molecule has 1 unspecified atom stereocenters. The molecule has 0 fully saturated rings. The van der Waals surface area contributed by atoms with Gasteiger partial charge in [-0.15, -0.1) is 0 Å². The summed E-state index contributed by atoms with van der Waals surface area (Å²) in [5.41, 5.74) is 2.03. The summed E-state index contributed by atoms with van der Waals surface area (Å²) >= 11 is 0. The Balaban J connectivity index is 2.08. The lowest BCUT2D eigenvalue weighted by molar-refractivity contribution is 0.474. The third-order valence-electron chi connectivity index (χ3n) is 2.88. The van der Waals surface area contributed by atoms with Crippen LogP contribution in [-0.4, -0.2) is 14.9 Å². The highest BCUT2D eigenvalue weighted by Gasteiger charge is 2.08. The van der Waals surface area contributed by atoms with Gasteiger partial charge in [0.25, 0.3) is 0 Å². The maximum atomic E-state index is 9.46.